The highest BCUT2D eigenvalue weighted by Crippen LogP contribution is 2.32. The van der Waals surface area contributed by atoms with Gasteiger partial charge in [0.15, 0.2) is 0 Å². The van der Waals surface area contributed by atoms with Crippen molar-refractivity contribution in [3.63, 3.8) is 0 Å². The number of amides is 1. The van der Waals surface area contributed by atoms with Crippen LogP contribution in [0.1, 0.15) is 18.9 Å². The van der Waals surface area contributed by atoms with Gasteiger partial charge in [-0.2, -0.15) is 0 Å². The summed E-state index contributed by atoms with van der Waals surface area (Å²) in [6, 6.07) is 5.73. The van der Waals surface area contributed by atoms with Crippen LogP contribution in [0.3, 0.4) is 0 Å². The van der Waals surface area contributed by atoms with Crippen LogP contribution >= 0.6 is 0 Å². The van der Waals surface area contributed by atoms with Crippen LogP contribution in [-0.4, -0.2) is 30.3 Å². The van der Waals surface area contributed by atoms with Gasteiger partial charge in [-0.25, -0.2) is 0 Å². The Kier molecular flexibility index (Phi) is 3.33. The van der Waals surface area contributed by atoms with Crippen LogP contribution in [0.4, 0.5) is 5.69 Å². The van der Waals surface area contributed by atoms with Gasteiger partial charge in [-0.1, -0.05) is 6.07 Å². The number of hydrogen-bond donors (Lipinski definition) is 1. The van der Waals surface area contributed by atoms with Crippen molar-refractivity contribution in [1.29, 1.82) is 0 Å². The molecule has 1 aromatic rings. The van der Waals surface area contributed by atoms with Gasteiger partial charge < -0.3 is 14.7 Å². The number of carbonyl (C=O) groups is 1. The number of ether oxygens (including phenoxy) is 1. The monoisotopic (exact) mass is 235 g/mol. The lowest BCUT2D eigenvalue weighted by Crippen LogP contribution is -2.25. The van der Waals surface area contributed by atoms with Gasteiger partial charge in [-0.3, -0.25) is 4.79 Å². The Morgan fingerprint density at radius 2 is 2.29 bits per heavy atom. The molecule has 0 bridgehead atoms. The fraction of sp³-hybridized carbons (Fsp3) is 0.462. The number of aliphatic hydroxyl groups is 1. The molecule has 1 aliphatic rings. The van der Waals surface area contributed by atoms with E-state index in [4.69, 9.17) is 4.74 Å². The molecule has 4 heteroatoms. The fourth-order valence-electron chi connectivity index (χ4n) is 2.04. The maximum atomic E-state index is 11.8. The maximum absolute atomic E-state index is 11.8. The maximum Gasteiger partial charge on any atom is 0.229 e. The van der Waals surface area contributed by atoms with Gasteiger partial charge in [-0.05, 0) is 31.5 Å². The van der Waals surface area contributed by atoms with Crippen molar-refractivity contribution < 1.29 is 14.6 Å². The zero-order valence-electron chi connectivity index (χ0n) is 10.1. The summed E-state index contributed by atoms with van der Waals surface area (Å²) in [4.78, 5) is 13.4. The zero-order valence-corrected chi connectivity index (χ0v) is 10.1. The summed E-state index contributed by atoms with van der Waals surface area (Å²) in [5.41, 5.74) is 1.83. The second-order valence-corrected chi connectivity index (χ2v) is 4.27. The van der Waals surface area contributed by atoms with E-state index < -0.39 is 6.10 Å². The predicted octanol–water partition coefficient (Wildman–Crippen LogP) is 1.49. The first-order valence-electron chi connectivity index (χ1n) is 5.83. The minimum atomic E-state index is -0.572. The molecule has 1 aliphatic heterocycles. The first-order chi connectivity index (χ1) is 8.11. The molecular formula is C13H17NO3. The molecule has 1 atom stereocenters. The summed E-state index contributed by atoms with van der Waals surface area (Å²) in [6.07, 6.45) is -0.378. The predicted molar refractivity (Wildman–Crippen MR) is 65.3 cm³/mol. The quantitative estimate of drug-likeness (QED) is 0.863. The van der Waals surface area contributed by atoms with E-state index in [2.05, 4.69) is 0 Å². The first kappa shape index (κ1) is 11.9. The molecule has 1 heterocycles. The number of rotatable bonds is 3. The Balaban J connectivity index is 2.35. The molecule has 1 aromatic carbocycles. The van der Waals surface area contributed by atoms with Gasteiger partial charge in [0.25, 0.3) is 0 Å². The zero-order chi connectivity index (χ0) is 12.4. The van der Waals surface area contributed by atoms with Crippen LogP contribution < -0.4 is 9.64 Å². The van der Waals surface area contributed by atoms with E-state index in [0.29, 0.717) is 18.9 Å². The number of hydrogen-bond acceptors (Lipinski definition) is 3. The largest absolute Gasteiger partial charge is 0.492 e. The Morgan fingerprint density at radius 3 is 2.88 bits per heavy atom. The number of anilines is 1. The Labute approximate surface area is 101 Å². The summed E-state index contributed by atoms with van der Waals surface area (Å²) < 4.78 is 5.51. The lowest BCUT2D eigenvalue weighted by Gasteiger charge is -2.20. The van der Waals surface area contributed by atoms with Gasteiger partial charge in [0.1, 0.15) is 5.75 Å². The van der Waals surface area contributed by atoms with Gasteiger partial charge in [0, 0.05) is 0 Å². The molecule has 0 aliphatic carbocycles. The lowest BCUT2D eigenvalue weighted by atomic mass is 10.2. The van der Waals surface area contributed by atoms with Crippen LogP contribution in [0, 0.1) is 6.92 Å². The Hall–Kier alpha value is -1.55. The number of aryl methyl sites for hydroxylation is 1. The smallest absolute Gasteiger partial charge is 0.229 e. The van der Waals surface area contributed by atoms with Crippen molar-refractivity contribution in [3.8, 4) is 5.75 Å². The molecule has 4 nitrogen and oxygen atoms in total. The van der Waals surface area contributed by atoms with E-state index >= 15 is 0 Å². The molecule has 0 saturated carbocycles. The van der Waals surface area contributed by atoms with Gasteiger partial charge in [0.05, 0.1) is 31.4 Å². The van der Waals surface area contributed by atoms with E-state index in [9.17, 15) is 9.90 Å². The van der Waals surface area contributed by atoms with Crippen molar-refractivity contribution in [1.82, 2.24) is 0 Å². The molecule has 17 heavy (non-hydrogen) atoms. The molecule has 1 fully saturated rings. The highest BCUT2D eigenvalue weighted by molar-refractivity contribution is 5.97. The number of benzene rings is 1. The molecule has 1 amide bonds. The summed E-state index contributed by atoms with van der Waals surface area (Å²) in [7, 11) is 0. The average Bonchev–Trinajstić information content (AvgIpc) is 2.61. The van der Waals surface area contributed by atoms with E-state index in [1.54, 1.807) is 4.90 Å². The molecule has 92 valence electrons. The third-order valence-corrected chi connectivity index (χ3v) is 2.81. The number of carbonyl (C=O) groups excluding carboxylic acids is 1. The Bertz CT molecular complexity index is 431. The van der Waals surface area contributed by atoms with Crippen LogP contribution in [0.25, 0.3) is 0 Å². The third kappa shape index (κ3) is 2.42. The third-order valence-electron chi connectivity index (χ3n) is 2.81. The molecule has 0 aromatic heterocycles. The van der Waals surface area contributed by atoms with Crippen molar-refractivity contribution in [2.45, 2.75) is 26.4 Å². The first-order valence-corrected chi connectivity index (χ1v) is 5.83. The standard InChI is InChI=1S/C13H17NO3/c1-3-17-12-5-4-9(2)6-11(12)14-8-10(15)7-13(14)16/h4-6,10,15H,3,7-8H2,1-2H3. The molecule has 1 N–H and O–H groups in total. The SMILES string of the molecule is CCOc1ccc(C)cc1N1CC(O)CC1=O. The average molecular weight is 235 g/mol. The van der Waals surface area contributed by atoms with E-state index in [0.717, 1.165) is 11.3 Å². The van der Waals surface area contributed by atoms with E-state index in [1.165, 1.54) is 0 Å². The number of β-amino-alcohol motifs (C(OH)–C–C–N with tert-alkyl or cyclic N) is 1. The summed E-state index contributed by atoms with van der Waals surface area (Å²) in [6.45, 7) is 4.78. The summed E-state index contributed by atoms with van der Waals surface area (Å²) >= 11 is 0. The van der Waals surface area contributed by atoms with Crippen molar-refractivity contribution >= 4 is 11.6 Å². The molecular weight excluding hydrogens is 218 g/mol. The van der Waals surface area contributed by atoms with Gasteiger partial charge in [0.2, 0.25) is 5.91 Å². The number of nitrogens with zero attached hydrogens (tertiary/aromatic N) is 1. The number of aliphatic hydroxyl groups excluding tert-OH is 1. The van der Waals surface area contributed by atoms with Crippen molar-refractivity contribution in [2.24, 2.45) is 0 Å². The highest BCUT2D eigenvalue weighted by Gasteiger charge is 2.30. The van der Waals surface area contributed by atoms with E-state index in [1.807, 2.05) is 32.0 Å². The fourth-order valence-corrected chi connectivity index (χ4v) is 2.04. The topological polar surface area (TPSA) is 49.8 Å². The van der Waals surface area contributed by atoms with Crippen LogP contribution in [0.2, 0.25) is 0 Å². The summed E-state index contributed by atoms with van der Waals surface area (Å²) in [5, 5.41) is 9.52. The second kappa shape index (κ2) is 4.75. The lowest BCUT2D eigenvalue weighted by molar-refractivity contribution is -0.117. The molecule has 1 unspecified atom stereocenters. The van der Waals surface area contributed by atoms with Crippen LogP contribution in [0.15, 0.2) is 18.2 Å². The molecule has 1 saturated heterocycles. The second-order valence-electron chi connectivity index (χ2n) is 4.27. The van der Waals surface area contributed by atoms with Crippen LogP contribution in [0.5, 0.6) is 5.75 Å². The van der Waals surface area contributed by atoms with E-state index in [-0.39, 0.29) is 12.3 Å². The molecule has 0 spiro atoms. The van der Waals surface area contributed by atoms with Crippen LogP contribution in [-0.2, 0) is 4.79 Å². The summed E-state index contributed by atoms with van der Waals surface area (Å²) in [5.74, 6) is 0.643. The van der Waals surface area contributed by atoms with Gasteiger partial charge in [-0.15, -0.1) is 0 Å². The Morgan fingerprint density at radius 1 is 1.53 bits per heavy atom. The minimum Gasteiger partial charge on any atom is -0.492 e. The molecule has 2 rings (SSSR count). The van der Waals surface area contributed by atoms with Crippen molar-refractivity contribution in [2.75, 3.05) is 18.1 Å². The van der Waals surface area contributed by atoms with Gasteiger partial charge >= 0.3 is 0 Å². The molecule has 0 radical (unpaired) electrons. The highest BCUT2D eigenvalue weighted by atomic mass is 16.5. The normalized spacial score (nSPS) is 19.8. The minimum absolute atomic E-state index is 0.0518. The van der Waals surface area contributed by atoms with Crippen molar-refractivity contribution in [3.05, 3.63) is 23.8 Å².